The van der Waals surface area contributed by atoms with E-state index in [1.165, 1.54) is 56.7 Å². The normalized spacial score (nSPS) is 18.8. The van der Waals surface area contributed by atoms with Crippen molar-refractivity contribution in [1.82, 2.24) is 19.8 Å². The Morgan fingerprint density at radius 2 is 1.16 bits per heavy atom. The Bertz CT molecular complexity index is 1160. The number of aromatic nitrogens is 2. The molecular weight excluding hydrogens is 635 g/mol. The maximum Gasteiger partial charge on any atom is 0.490 e. The quantitative estimate of drug-likeness (QED) is 0.388. The van der Waals surface area contributed by atoms with E-state index in [-0.39, 0.29) is 0 Å². The average molecular weight is 665 g/mol. The Hall–Kier alpha value is -4.00. The lowest BCUT2D eigenvalue weighted by Crippen LogP contribution is -2.44. The van der Waals surface area contributed by atoms with Crippen molar-refractivity contribution in [2.24, 2.45) is 5.41 Å². The topological polar surface area (TPSA) is 144 Å². The second kappa shape index (κ2) is 16.9. The standard InChI is InChI=1S/C20H26N4.3C2HF3O2/c1-2-9-22-19(4-1)15-23-12-3-7-20(16-23)8-13-24(17-20)14-18-5-10-21-11-6-18;3*3-2(4,5)1(6)7/h1-2,4-6,9-11H,3,7-8,12-17H2;3*(H,6,7). The number of piperidine rings is 1. The number of carboxylic acid groups (broad SMARTS) is 3. The molecule has 0 amide bonds. The number of halogens is 9. The molecule has 0 bridgehead atoms. The van der Waals surface area contributed by atoms with E-state index in [0.29, 0.717) is 5.41 Å². The van der Waals surface area contributed by atoms with Crippen LogP contribution in [0.5, 0.6) is 0 Å². The molecule has 1 spiro atoms. The van der Waals surface area contributed by atoms with Gasteiger partial charge in [0.1, 0.15) is 0 Å². The lowest BCUT2D eigenvalue weighted by molar-refractivity contribution is -0.193. The van der Waals surface area contributed by atoms with Gasteiger partial charge in [0.2, 0.25) is 0 Å². The summed E-state index contributed by atoms with van der Waals surface area (Å²) < 4.78 is 95.2. The monoisotopic (exact) mass is 664 g/mol. The fourth-order valence-electron chi connectivity index (χ4n) is 4.41. The zero-order valence-electron chi connectivity index (χ0n) is 23.2. The first-order valence-corrected chi connectivity index (χ1v) is 12.8. The third kappa shape index (κ3) is 15.5. The SMILES string of the molecule is O=C(O)C(F)(F)F.O=C(O)C(F)(F)F.O=C(O)C(F)(F)F.c1ccc(CN2CCCC3(CCN(Cc4ccncc4)C3)C2)nc1. The number of carbonyl (C=O) groups is 3. The first kappa shape index (κ1) is 39.0. The minimum absolute atomic E-state index is 0.486. The fraction of sp³-hybridized carbons (Fsp3) is 0.500. The van der Waals surface area contributed by atoms with E-state index in [9.17, 15) is 39.5 Å². The molecule has 45 heavy (non-hydrogen) atoms. The van der Waals surface area contributed by atoms with E-state index in [0.717, 1.165) is 13.1 Å². The van der Waals surface area contributed by atoms with Crippen molar-refractivity contribution in [3.63, 3.8) is 0 Å². The average Bonchev–Trinajstić information content (AvgIpc) is 3.30. The highest BCUT2D eigenvalue weighted by Crippen LogP contribution is 2.39. The molecule has 0 saturated carbocycles. The Kier molecular flexibility index (Phi) is 14.7. The van der Waals surface area contributed by atoms with Crippen LogP contribution in [-0.4, -0.2) is 97.7 Å². The van der Waals surface area contributed by atoms with E-state index in [1.807, 2.05) is 24.7 Å². The van der Waals surface area contributed by atoms with E-state index in [2.05, 4.69) is 44.0 Å². The number of carboxylic acids is 3. The number of hydrogen-bond donors (Lipinski definition) is 3. The second-order valence-electron chi connectivity index (χ2n) is 9.86. The van der Waals surface area contributed by atoms with Crippen LogP contribution in [-0.2, 0) is 27.5 Å². The first-order valence-electron chi connectivity index (χ1n) is 12.8. The van der Waals surface area contributed by atoms with Crippen LogP contribution in [0.25, 0.3) is 0 Å². The van der Waals surface area contributed by atoms with E-state index in [1.54, 1.807) is 0 Å². The summed E-state index contributed by atoms with van der Waals surface area (Å²) in [5.41, 5.74) is 3.06. The van der Waals surface area contributed by atoms with Crippen molar-refractivity contribution in [2.45, 2.75) is 50.9 Å². The van der Waals surface area contributed by atoms with Crippen LogP contribution in [0.4, 0.5) is 39.5 Å². The maximum atomic E-state index is 10.6. The molecule has 0 radical (unpaired) electrons. The molecule has 2 aromatic rings. The summed E-state index contributed by atoms with van der Waals surface area (Å²) in [6.45, 7) is 6.93. The van der Waals surface area contributed by atoms with Crippen molar-refractivity contribution in [1.29, 1.82) is 0 Å². The van der Waals surface area contributed by atoms with Gasteiger partial charge in [-0.15, -0.1) is 0 Å². The third-order valence-electron chi connectivity index (χ3n) is 6.25. The molecule has 4 rings (SSSR count). The summed E-state index contributed by atoms with van der Waals surface area (Å²) >= 11 is 0. The van der Waals surface area contributed by atoms with Crippen LogP contribution in [0.15, 0.2) is 48.9 Å². The van der Waals surface area contributed by atoms with Crippen LogP contribution < -0.4 is 0 Å². The first-order chi connectivity index (χ1) is 20.6. The van der Waals surface area contributed by atoms with E-state index in [4.69, 9.17) is 29.7 Å². The van der Waals surface area contributed by atoms with Crippen molar-refractivity contribution >= 4 is 17.9 Å². The second-order valence-corrected chi connectivity index (χ2v) is 9.86. The molecule has 2 saturated heterocycles. The summed E-state index contributed by atoms with van der Waals surface area (Å²) in [6, 6.07) is 10.5. The van der Waals surface area contributed by atoms with Gasteiger partial charge < -0.3 is 15.3 Å². The summed E-state index contributed by atoms with van der Waals surface area (Å²) in [6.07, 6.45) is -5.53. The highest BCUT2D eigenvalue weighted by atomic mass is 19.4. The zero-order chi connectivity index (χ0) is 34.5. The van der Waals surface area contributed by atoms with Gasteiger partial charge in [0.15, 0.2) is 0 Å². The summed E-state index contributed by atoms with van der Waals surface area (Å²) in [5, 5.41) is 21.4. The van der Waals surface area contributed by atoms with Gasteiger partial charge in [-0.25, -0.2) is 14.4 Å². The Morgan fingerprint density at radius 3 is 1.58 bits per heavy atom. The predicted molar refractivity (Wildman–Crippen MR) is 136 cm³/mol. The summed E-state index contributed by atoms with van der Waals surface area (Å²) in [7, 11) is 0. The molecule has 2 aliphatic heterocycles. The molecule has 2 fully saturated rings. The highest BCUT2D eigenvalue weighted by Gasteiger charge is 2.41. The van der Waals surface area contributed by atoms with Gasteiger partial charge in [-0.1, -0.05) is 6.07 Å². The van der Waals surface area contributed by atoms with Crippen molar-refractivity contribution in [3.05, 3.63) is 60.2 Å². The molecule has 3 N–H and O–H groups in total. The van der Waals surface area contributed by atoms with Crippen LogP contribution in [0.1, 0.15) is 30.5 Å². The largest absolute Gasteiger partial charge is 0.490 e. The Balaban J connectivity index is 0.000000396. The number of nitrogens with zero attached hydrogens (tertiary/aromatic N) is 4. The van der Waals surface area contributed by atoms with Crippen LogP contribution in [0.3, 0.4) is 0 Å². The Morgan fingerprint density at radius 1 is 0.689 bits per heavy atom. The van der Waals surface area contributed by atoms with Gasteiger partial charge in [-0.3, -0.25) is 19.8 Å². The van der Waals surface area contributed by atoms with E-state index >= 15 is 0 Å². The number of alkyl halides is 9. The van der Waals surface area contributed by atoms with Gasteiger partial charge in [0.05, 0.1) is 5.69 Å². The predicted octanol–water partition coefficient (Wildman–Crippen LogP) is 4.86. The van der Waals surface area contributed by atoms with Crippen molar-refractivity contribution in [3.8, 4) is 0 Å². The zero-order valence-corrected chi connectivity index (χ0v) is 23.2. The van der Waals surface area contributed by atoms with Gasteiger partial charge in [-0.2, -0.15) is 39.5 Å². The number of rotatable bonds is 4. The smallest absolute Gasteiger partial charge is 0.475 e. The lowest BCUT2D eigenvalue weighted by Gasteiger charge is -2.40. The molecule has 2 aliphatic rings. The summed E-state index contributed by atoms with van der Waals surface area (Å²) in [4.78, 5) is 40.5. The van der Waals surface area contributed by atoms with Crippen molar-refractivity contribution < 1.29 is 69.2 Å². The molecule has 19 heteroatoms. The maximum absolute atomic E-state index is 10.6. The summed E-state index contributed by atoms with van der Waals surface area (Å²) in [5.74, 6) is -8.27. The van der Waals surface area contributed by atoms with Gasteiger partial charge >= 0.3 is 36.4 Å². The third-order valence-corrected chi connectivity index (χ3v) is 6.25. The molecule has 1 atom stereocenters. The number of likely N-dealkylation sites (tertiary alicyclic amines) is 2. The molecule has 0 aromatic carbocycles. The number of hydrogen-bond acceptors (Lipinski definition) is 7. The lowest BCUT2D eigenvalue weighted by atomic mass is 9.79. The van der Waals surface area contributed by atoms with Gasteiger partial charge in [0.25, 0.3) is 0 Å². The minimum Gasteiger partial charge on any atom is -0.475 e. The van der Waals surface area contributed by atoms with Crippen LogP contribution in [0.2, 0.25) is 0 Å². The van der Waals surface area contributed by atoms with Gasteiger partial charge in [0, 0.05) is 44.8 Å². The minimum atomic E-state index is -5.08. The molecule has 0 aliphatic carbocycles. The van der Waals surface area contributed by atoms with Gasteiger partial charge in [-0.05, 0) is 67.6 Å². The van der Waals surface area contributed by atoms with Crippen LogP contribution in [0, 0.1) is 5.41 Å². The molecule has 10 nitrogen and oxygen atoms in total. The molecule has 2 aromatic heterocycles. The van der Waals surface area contributed by atoms with Crippen molar-refractivity contribution in [2.75, 3.05) is 26.2 Å². The molecule has 1 unspecified atom stereocenters. The number of aliphatic carboxylic acids is 3. The van der Waals surface area contributed by atoms with E-state index < -0.39 is 36.4 Å². The molecule has 4 heterocycles. The highest BCUT2D eigenvalue weighted by molar-refractivity contribution is 5.73. The number of pyridine rings is 2. The fourth-order valence-corrected chi connectivity index (χ4v) is 4.41. The molecular formula is C26H29F9N4O6. The molecule has 252 valence electrons. The Labute approximate surface area is 250 Å². The van der Waals surface area contributed by atoms with Crippen LogP contribution >= 0.6 is 0 Å².